The molecule has 4 N–H and O–H groups in total. The number of benzene rings is 5. The predicted octanol–water partition coefficient (Wildman–Crippen LogP) is 8.24. The van der Waals surface area contributed by atoms with Gasteiger partial charge in [-0.15, -0.1) is 0 Å². The number of aromatic nitrogens is 8. The molecule has 0 saturated heterocycles. The number of H-pyrrole nitrogens is 2. The standard InChI is InChI=1S/C38H23N9O/c39-20-13-15-21(16-14-20)48-22-17-18-29-30(19-22)38-46-36-28-12-6-5-11-27(28)34(44-36)42-32-24-8-2-1-7-23(24)31(40-32)41-33-25-9-3-4-10-26(25)35(43-33)45-37(29)47-38/h1-19H,39H2,(H2,40,41,42,43,44,45,46,47). The first-order valence-electron chi connectivity index (χ1n) is 15.4. The van der Waals surface area contributed by atoms with Gasteiger partial charge in [-0.3, -0.25) is 0 Å². The summed E-state index contributed by atoms with van der Waals surface area (Å²) < 4.78 is 6.21. The SMILES string of the molecule is Nc1ccc(Oc2ccc3c4nc5nc(nc6[nH]c(nc7nc(nc([nH]4)c3c2)-c2ccccc2-7)c2ccccc62)-c2ccccc2-5)cc1. The lowest BCUT2D eigenvalue weighted by molar-refractivity contribution is 0.483. The Balaban J connectivity index is 1.32. The Morgan fingerprint density at radius 2 is 0.792 bits per heavy atom. The molecular weight excluding hydrogens is 598 g/mol. The van der Waals surface area contributed by atoms with Crippen molar-refractivity contribution in [3.63, 3.8) is 0 Å². The van der Waals surface area contributed by atoms with Crippen LogP contribution in [0.1, 0.15) is 0 Å². The smallest absolute Gasteiger partial charge is 0.164 e. The minimum absolute atomic E-state index is 0.538. The number of hydrogen-bond acceptors (Lipinski definition) is 8. The van der Waals surface area contributed by atoms with Crippen LogP contribution < -0.4 is 10.5 Å². The third-order valence-electron chi connectivity index (χ3n) is 8.64. The first kappa shape index (κ1) is 26.3. The molecule has 0 saturated carbocycles. The molecule has 8 aromatic rings. The van der Waals surface area contributed by atoms with Crippen LogP contribution in [0.3, 0.4) is 0 Å². The molecule has 10 nitrogen and oxygen atoms in total. The molecule has 2 aliphatic heterocycles. The number of aromatic amines is 2. The van der Waals surface area contributed by atoms with Crippen molar-refractivity contribution >= 4 is 49.8 Å². The van der Waals surface area contributed by atoms with E-state index in [9.17, 15) is 0 Å². The van der Waals surface area contributed by atoms with Crippen LogP contribution in [0.15, 0.2) is 115 Å². The molecule has 0 radical (unpaired) electrons. The van der Waals surface area contributed by atoms with Gasteiger partial charge in [0.25, 0.3) is 0 Å². The van der Waals surface area contributed by atoms with Gasteiger partial charge in [-0.05, 0) is 42.5 Å². The first-order valence-corrected chi connectivity index (χ1v) is 15.4. The number of anilines is 1. The van der Waals surface area contributed by atoms with Gasteiger partial charge in [-0.25, -0.2) is 29.9 Å². The van der Waals surface area contributed by atoms with Crippen molar-refractivity contribution in [2.75, 3.05) is 5.73 Å². The van der Waals surface area contributed by atoms with Gasteiger partial charge in [-0.1, -0.05) is 72.8 Å². The molecule has 5 aromatic carbocycles. The van der Waals surface area contributed by atoms with Crippen LogP contribution in [0.2, 0.25) is 0 Å². The molecule has 8 bridgehead atoms. The van der Waals surface area contributed by atoms with Crippen molar-refractivity contribution in [2.45, 2.75) is 0 Å². The van der Waals surface area contributed by atoms with Crippen LogP contribution in [-0.4, -0.2) is 39.9 Å². The summed E-state index contributed by atoms with van der Waals surface area (Å²) in [6, 6.07) is 37.1. The van der Waals surface area contributed by atoms with Crippen molar-refractivity contribution < 1.29 is 4.74 Å². The zero-order valence-corrected chi connectivity index (χ0v) is 25.1. The van der Waals surface area contributed by atoms with E-state index in [0.717, 1.165) is 43.8 Å². The maximum absolute atomic E-state index is 6.21. The lowest BCUT2D eigenvalue weighted by atomic mass is 10.1. The zero-order valence-electron chi connectivity index (χ0n) is 25.1. The first-order chi connectivity index (χ1) is 23.6. The Labute approximate surface area is 272 Å². The number of rotatable bonds is 2. The summed E-state index contributed by atoms with van der Waals surface area (Å²) in [5.41, 5.74) is 12.6. The molecule has 0 amide bonds. The molecule has 10 rings (SSSR count). The monoisotopic (exact) mass is 621 g/mol. The van der Waals surface area contributed by atoms with Crippen LogP contribution >= 0.6 is 0 Å². The maximum atomic E-state index is 6.21. The average molecular weight is 622 g/mol. The van der Waals surface area contributed by atoms with Gasteiger partial charge in [0.05, 0.1) is 0 Å². The second kappa shape index (κ2) is 10.0. The normalized spacial score (nSPS) is 11.8. The summed E-state index contributed by atoms with van der Waals surface area (Å²) in [6.45, 7) is 0. The fraction of sp³-hybridized carbons (Fsp3) is 0. The molecule has 2 aliphatic rings. The highest BCUT2D eigenvalue weighted by molar-refractivity contribution is 6.06. The van der Waals surface area contributed by atoms with Gasteiger partial charge in [0.2, 0.25) is 0 Å². The van der Waals surface area contributed by atoms with E-state index >= 15 is 0 Å². The van der Waals surface area contributed by atoms with Gasteiger partial charge in [0.1, 0.15) is 34.1 Å². The second-order valence-electron chi connectivity index (χ2n) is 11.6. The van der Waals surface area contributed by atoms with Crippen LogP contribution in [-0.2, 0) is 0 Å². The Morgan fingerprint density at radius 3 is 1.27 bits per heavy atom. The number of nitrogens with zero attached hydrogens (tertiary/aromatic N) is 6. The fourth-order valence-electron chi connectivity index (χ4n) is 6.36. The lowest BCUT2D eigenvalue weighted by Crippen LogP contribution is -1.86. The maximum Gasteiger partial charge on any atom is 0.164 e. The number of hydrogen-bond donors (Lipinski definition) is 3. The Kier molecular flexibility index (Phi) is 5.49. The van der Waals surface area contributed by atoms with Crippen molar-refractivity contribution in [2.24, 2.45) is 0 Å². The van der Waals surface area contributed by atoms with Crippen molar-refractivity contribution in [1.82, 2.24) is 39.9 Å². The van der Waals surface area contributed by atoms with Crippen LogP contribution in [0.4, 0.5) is 5.69 Å². The van der Waals surface area contributed by atoms with E-state index in [1.54, 1.807) is 0 Å². The third kappa shape index (κ3) is 4.13. The van der Waals surface area contributed by atoms with Crippen molar-refractivity contribution in [1.29, 1.82) is 0 Å². The van der Waals surface area contributed by atoms with E-state index < -0.39 is 0 Å². The number of nitrogen functional groups attached to an aromatic ring is 1. The topological polar surface area (TPSA) is 144 Å². The summed E-state index contributed by atoms with van der Waals surface area (Å²) in [7, 11) is 0. The Bertz CT molecular complexity index is 2780. The van der Waals surface area contributed by atoms with Crippen molar-refractivity contribution in [3.8, 4) is 57.1 Å². The molecular formula is C38H23N9O. The Hall–Kier alpha value is -6.94. The molecule has 10 heteroatoms. The largest absolute Gasteiger partial charge is 0.457 e. The molecule has 226 valence electrons. The molecule has 0 spiro atoms. The summed E-state index contributed by atoms with van der Waals surface area (Å²) in [6.07, 6.45) is 0. The molecule has 3 aromatic heterocycles. The third-order valence-corrected chi connectivity index (χ3v) is 8.64. The van der Waals surface area contributed by atoms with Crippen LogP contribution in [0.25, 0.3) is 89.7 Å². The number of ether oxygens (including phenoxy) is 1. The molecule has 0 aliphatic carbocycles. The van der Waals surface area contributed by atoms with Crippen molar-refractivity contribution in [3.05, 3.63) is 115 Å². The number of fused-ring (bicyclic) bond motifs is 20. The van der Waals surface area contributed by atoms with Crippen LogP contribution in [0, 0.1) is 0 Å². The predicted molar refractivity (Wildman–Crippen MR) is 187 cm³/mol. The second-order valence-corrected chi connectivity index (χ2v) is 11.6. The van der Waals surface area contributed by atoms with E-state index in [4.69, 9.17) is 40.4 Å². The van der Waals surface area contributed by atoms with E-state index in [1.165, 1.54) is 0 Å². The minimum Gasteiger partial charge on any atom is -0.457 e. The van der Waals surface area contributed by atoms with E-state index in [-0.39, 0.29) is 0 Å². The summed E-state index contributed by atoms with van der Waals surface area (Å²) in [4.78, 5) is 37.1. The van der Waals surface area contributed by atoms with E-state index in [1.807, 2.05) is 115 Å². The highest BCUT2D eigenvalue weighted by atomic mass is 16.5. The number of nitrogens with two attached hydrogens (primary N) is 1. The molecule has 48 heavy (non-hydrogen) atoms. The summed E-state index contributed by atoms with van der Waals surface area (Å²) in [5.74, 6) is 3.52. The molecule has 0 atom stereocenters. The minimum atomic E-state index is 0.538. The Morgan fingerprint density at radius 1 is 0.396 bits per heavy atom. The van der Waals surface area contributed by atoms with Gasteiger partial charge >= 0.3 is 0 Å². The van der Waals surface area contributed by atoms with Crippen LogP contribution in [0.5, 0.6) is 11.5 Å². The highest BCUT2D eigenvalue weighted by Crippen LogP contribution is 2.37. The highest BCUT2D eigenvalue weighted by Gasteiger charge is 2.22. The summed E-state index contributed by atoms with van der Waals surface area (Å²) >= 11 is 0. The van der Waals surface area contributed by atoms with Gasteiger partial charge in [0, 0.05) is 49.5 Å². The van der Waals surface area contributed by atoms with E-state index in [2.05, 4.69) is 9.97 Å². The summed E-state index contributed by atoms with van der Waals surface area (Å²) in [5, 5.41) is 3.54. The number of nitrogens with one attached hydrogen (secondary N) is 2. The van der Waals surface area contributed by atoms with Gasteiger partial charge < -0.3 is 20.4 Å². The molecule has 5 heterocycles. The lowest BCUT2D eigenvalue weighted by Gasteiger charge is -2.06. The average Bonchev–Trinajstić information content (AvgIpc) is 3.85. The van der Waals surface area contributed by atoms with Gasteiger partial charge in [-0.2, -0.15) is 0 Å². The van der Waals surface area contributed by atoms with Gasteiger partial charge in [0.15, 0.2) is 23.3 Å². The fourth-order valence-corrected chi connectivity index (χ4v) is 6.36. The quantitative estimate of drug-likeness (QED) is 0.164. The van der Waals surface area contributed by atoms with E-state index in [0.29, 0.717) is 63.1 Å². The molecule has 0 unspecified atom stereocenters. The molecule has 0 fully saturated rings. The zero-order chi connectivity index (χ0) is 31.8.